The smallest absolute Gasteiger partial charge is 0.229 e. The summed E-state index contributed by atoms with van der Waals surface area (Å²) in [7, 11) is 5.12. The lowest BCUT2D eigenvalue weighted by Crippen LogP contribution is -2.28. The molecule has 14 heteroatoms. The second-order valence-electron chi connectivity index (χ2n) is 6.85. The van der Waals surface area contributed by atoms with Crippen LogP contribution in [0.4, 0.5) is 0 Å². The van der Waals surface area contributed by atoms with Crippen LogP contribution in [0.1, 0.15) is 6.42 Å². The van der Waals surface area contributed by atoms with Gasteiger partial charge in [-0.05, 0) is 0 Å². The number of thiol groups is 1. The van der Waals surface area contributed by atoms with E-state index < -0.39 is 0 Å². The van der Waals surface area contributed by atoms with E-state index >= 15 is 0 Å². The van der Waals surface area contributed by atoms with Crippen molar-refractivity contribution >= 4 is 32.4 Å². The Kier molecular flexibility index (Phi) is 28.5. The van der Waals surface area contributed by atoms with Crippen molar-refractivity contribution < 1.29 is 42.7 Å². The highest BCUT2D eigenvalue weighted by Gasteiger charge is 2.01. The van der Waals surface area contributed by atoms with Crippen molar-refractivity contribution in [2.75, 3.05) is 118 Å². The molecule has 0 heterocycles. The minimum atomic E-state index is -0.118. The lowest BCUT2D eigenvalue weighted by Gasteiger charge is -2.09. The van der Waals surface area contributed by atoms with Gasteiger partial charge in [0.25, 0.3) is 0 Å². The third kappa shape index (κ3) is 29.2. The van der Waals surface area contributed by atoms with Crippen molar-refractivity contribution in [3.05, 3.63) is 0 Å². The quantitative estimate of drug-likeness (QED) is 0.0536. The van der Waals surface area contributed by atoms with Crippen LogP contribution in [0.15, 0.2) is 0 Å². The van der Waals surface area contributed by atoms with Crippen molar-refractivity contribution in [1.29, 1.82) is 0 Å². The summed E-state index contributed by atoms with van der Waals surface area (Å²) in [6, 6.07) is 0. The van der Waals surface area contributed by atoms with Gasteiger partial charge >= 0.3 is 0 Å². The molecule has 35 heavy (non-hydrogen) atoms. The minimum absolute atomic E-state index is 0.0883. The summed E-state index contributed by atoms with van der Waals surface area (Å²) in [5.41, 5.74) is 0. The van der Waals surface area contributed by atoms with Gasteiger partial charge in [0.2, 0.25) is 11.8 Å². The Morgan fingerprint density at radius 3 is 1.26 bits per heavy atom. The van der Waals surface area contributed by atoms with Crippen LogP contribution in [0.2, 0.25) is 0 Å². The predicted octanol–water partition coefficient (Wildman–Crippen LogP) is -1.67. The van der Waals surface area contributed by atoms with Crippen LogP contribution in [0.3, 0.4) is 0 Å². The molecule has 0 saturated heterocycles. The van der Waals surface area contributed by atoms with Crippen LogP contribution < -0.4 is 15.9 Å². The summed E-state index contributed by atoms with van der Waals surface area (Å²) in [6.07, 6.45) is 0.282. The zero-order valence-corrected chi connectivity index (χ0v) is 21.5. The van der Waals surface area contributed by atoms with Crippen LogP contribution in [-0.4, -0.2) is 138 Å². The third-order valence-corrected chi connectivity index (χ3v) is 4.29. The first-order chi connectivity index (χ1) is 17.2. The second kappa shape index (κ2) is 29.3. The Balaban J connectivity index is 3.16. The number of carbonyl (C=O) groups is 2. The predicted molar refractivity (Wildman–Crippen MR) is 134 cm³/mol. The monoisotopic (exact) mass is 523 g/mol. The molecule has 0 rings (SSSR count). The maximum absolute atomic E-state index is 11.7. The molecule has 0 spiro atoms. The molecule has 2 radical (unpaired) electrons. The Bertz CT molecular complexity index is 485. The van der Waals surface area contributed by atoms with Crippen LogP contribution >= 0.6 is 12.6 Å². The zero-order chi connectivity index (χ0) is 25.7. The van der Waals surface area contributed by atoms with Gasteiger partial charge in [-0.25, -0.2) is 0 Å². The first kappa shape index (κ1) is 34.0. The van der Waals surface area contributed by atoms with Gasteiger partial charge < -0.3 is 49.0 Å². The molecule has 0 aliphatic carbocycles. The number of carbonyl (C=O) groups excluding carboxylic acids is 2. The van der Waals surface area contributed by atoms with Gasteiger partial charge in [-0.1, -0.05) is 0 Å². The summed E-state index contributed by atoms with van der Waals surface area (Å²) in [6.45, 7) is 7.83. The van der Waals surface area contributed by atoms with E-state index in [9.17, 15) is 9.59 Å². The fraction of sp³-hybridized carbons (Fsp3) is 0.905. The standard InChI is InChI=1S/C21H42BN3O9S/c22-25-4-8-31-12-16-33-14-10-29-6-2-23-20(26)1-5-28-9-13-32-17-18-34-15-11-30-7-3-24-21(27)19-35/h25,35H,1-19H2,(H,23,26)(H,24,27). The number of ether oxygens (including phenoxy) is 7. The zero-order valence-electron chi connectivity index (χ0n) is 20.6. The van der Waals surface area contributed by atoms with Crippen molar-refractivity contribution in [3.63, 3.8) is 0 Å². The molecular formula is C21H42BN3O9S. The molecule has 0 fully saturated rings. The summed E-state index contributed by atoms with van der Waals surface area (Å²) >= 11 is 3.86. The fourth-order valence-corrected chi connectivity index (χ4v) is 2.38. The highest BCUT2D eigenvalue weighted by atomic mass is 32.1. The average Bonchev–Trinajstić information content (AvgIpc) is 2.86. The molecule has 0 aromatic rings. The summed E-state index contributed by atoms with van der Waals surface area (Å²) in [4.78, 5) is 22.7. The van der Waals surface area contributed by atoms with Crippen LogP contribution in [0.5, 0.6) is 0 Å². The van der Waals surface area contributed by atoms with Crippen molar-refractivity contribution in [2.24, 2.45) is 0 Å². The summed E-state index contributed by atoms with van der Waals surface area (Å²) in [5, 5.41) is 7.92. The highest BCUT2D eigenvalue weighted by Crippen LogP contribution is 1.87. The van der Waals surface area contributed by atoms with E-state index in [0.29, 0.717) is 112 Å². The summed E-state index contributed by atoms with van der Waals surface area (Å²) in [5.74, 6) is -0.0359. The van der Waals surface area contributed by atoms with Gasteiger partial charge in [0.1, 0.15) is 0 Å². The lowest BCUT2D eigenvalue weighted by molar-refractivity contribution is -0.122. The molecule has 0 bridgehead atoms. The van der Waals surface area contributed by atoms with E-state index in [1.807, 2.05) is 0 Å². The maximum atomic E-state index is 11.7. The molecule has 3 N–H and O–H groups in total. The highest BCUT2D eigenvalue weighted by molar-refractivity contribution is 7.81. The van der Waals surface area contributed by atoms with Crippen molar-refractivity contribution in [2.45, 2.75) is 6.42 Å². The number of rotatable bonds is 28. The first-order valence-electron chi connectivity index (χ1n) is 11.8. The topological polar surface area (TPSA) is 135 Å². The van der Waals surface area contributed by atoms with Crippen LogP contribution in [0, 0.1) is 0 Å². The Morgan fingerprint density at radius 2 is 0.857 bits per heavy atom. The normalized spacial score (nSPS) is 11.0. The lowest BCUT2D eigenvalue weighted by atomic mass is 10.4. The van der Waals surface area contributed by atoms with E-state index in [1.54, 1.807) is 0 Å². The number of amides is 2. The van der Waals surface area contributed by atoms with E-state index in [-0.39, 0.29) is 24.0 Å². The van der Waals surface area contributed by atoms with Gasteiger partial charge in [0, 0.05) is 26.1 Å². The molecule has 0 aromatic carbocycles. The maximum Gasteiger partial charge on any atom is 0.229 e. The van der Waals surface area contributed by atoms with E-state index in [4.69, 9.17) is 41.1 Å². The molecular weight excluding hydrogens is 481 g/mol. The SMILES string of the molecule is [B]NCCOCCOCCOCCNC(=O)CCOCCOCCOCCOCCNC(=O)CS. The van der Waals surface area contributed by atoms with Crippen LogP contribution in [-0.2, 0) is 42.7 Å². The Hall–Kier alpha value is -0.965. The van der Waals surface area contributed by atoms with Gasteiger partial charge in [-0.15, -0.1) is 0 Å². The van der Waals surface area contributed by atoms with E-state index in [0.717, 1.165) is 0 Å². The molecule has 2 amide bonds. The molecule has 0 aliphatic heterocycles. The molecule has 0 aliphatic rings. The second-order valence-corrected chi connectivity index (χ2v) is 7.16. The third-order valence-electron chi connectivity index (χ3n) is 4.00. The Morgan fingerprint density at radius 1 is 0.514 bits per heavy atom. The largest absolute Gasteiger partial charge is 0.379 e. The van der Waals surface area contributed by atoms with Gasteiger partial charge in [-0.3, -0.25) is 9.59 Å². The fourth-order valence-electron chi connectivity index (χ4n) is 2.27. The molecule has 12 nitrogen and oxygen atoms in total. The number of hydrogen-bond donors (Lipinski definition) is 4. The molecule has 0 unspecified atom stereocenters. The van der Waals surface area contributed by atoms with Gasteiger partial charge in [0.05, 0.1) is 98.2 Å². The number of hydrogen-bond acceptors (Lipinski definition) is 11. The molecule has 0 aromatic heterocycles. The molecule has 0 atom stereocenters. The first-order valence-corrected chi connectivity index (χ1v) is 12.5. The molecule has 0 saturated carbocycles. The van der Waals surface area contributed by atoms with E-state index in [1.165, 1.54) is 0 Å². The Labute approximate surface area is 215 Å². The number of nitrogens with one attached hydrogen (secondary N) is 3. The van der Waals surface area contributed by atoms with Crippen molar-refractivity contribution in [1.82, 2.24) is 15.9 Å². The minimum Gasteiger partial charge on any atom is -0.379 e. The van der Waals surface area contributed by atoms with Crippen LogP contribution in [0.25, 0.3) is 0 Å². The average molecular weight is 523 g/mol. The van der Waals surface area contributed by atoms with E-state index in [2.05, 4.69) is 28.5 Å². The van der Waals surface area contributed by atoms with Gasteiger partial charge in [-0.2, -0.15) is 12.6 Å². The van der Waals surface area contributed by atoms with Crippen molar-refractivity contribution in [3.8, 4) is 0 Å². The summed E-state index contributed by atoms with van der Waals surface area (Å²) < 4.78 is 37.4. The van der Waals surface area contributed by atoms with Gasteiger partial charge in [0.15, 0.2) is 7.98 Å². The molecule has 204 valence electrons.